The van der Waals surface area contributed by atoms with Crippen LogP contribution in [0.15, 0.2) is 144 Å². The number of thiophene rings is 1. The molecule has 10 aromatic rings. The summed E-state index contributed by atoms with van der Waals surface area (Å²) in [5.74, 6) is 0.727. The lowest BCUT2D eigenvalue weighted by molar-refractivity contribution is 0.673. The number of furan rings is 1. The smallest absolute Gasteiger partial charge is 0.161 e. The molecule has 210 valence electrons. The van der Waals surface area contributed by atoms with E-state index in [1.807, 2.05) is 18.2 Å². The highest BCUT2D eigenvalue weighted by molar-refractivity contribution is 7.25. The van der Waals surface area contributed by atoms with Crippen LogP contribution in [0.5, 0.6) is 0 Å². The predicted molar refractivity (Wildman–Crippen MR) is 187 cm³/mol. The molecule has 4 nitrogen and oxygen atoms in total. The molecule has 0 atom stereocenters. The van der Waals surface area contributed by atoms with E-state index in [1.54, 1.807) is 11.3 Å². The molecule has 0 N–H and O–H groups in total. The molecule has 0 saturated heterocycles. The molecule has 45 heavy (non-hydrogen) atoms. The Hall–Kier alpha value is -5.78. The summed E-state index contributed by atoms with van der Waals surface area (Å²) in [6, 6.07) is 48.8. The van der Waals surface area contributed by atoms with E-state index in [-0.39, 0.29) is 0 Å². The number of aromatic nitrogens is 3. The molecule has 0 aliphatic rings. The molecule has 4 heterocycles. The standard InChI is InChI=1S/C40H23N3OS/c1-2-10-24(11-3-1)37-36-30-14-6-9-17-34(30)45-40(36)42-39(41-37)25-18-20-26(21-19-25)43-31-15-7-4-13-29(31)35-32(43)23-22-28-27-12-5-8-16-33(27)44-38(28)35/h1-23H. The van der Waals surface area contributed by atoms with Gasteiger partial charge in [0.25, 0.3) is 0 Å². The number of hydrogen-bond acceptors (Lipinski definition) is 4. The average Bonchev–Trinajstić information content (AvgIpc) is 3.77. The summed E-state index contributed by atoms with van der Waals surface area (Å²) in [7, 11) is 0. The van der Waals surface area contributed by atoms with Crippen LogP contribution in [-0.4, -0.2) is 14.5 Å². The van der Waals surface area contributed by atoms with Gasteiger partial charge in [-0.05, 0) is 54.6 Å². The third-order valence-corrected chi connectivity index (χ3v) is 9.91. The maximum absolute atomic E-state index is 6.48. The molecule has 0 spiro atoms. The molecule has 4 aromatic heterocycles. The van der Waals surface area contributed by atoms with Gasteiger partial charge < -0.3 is 8.98 Å². The first-order valence-corrected chi connectivity index (χ1v) is 15.8. The van der Waals surface area contributed by atoms with Crippen LogP contribution in [0.2, 0.25) is 0 Å². The molecule has 0 bridgehead atoms. The van der Waals surface area contributed by atoms with Crippen LogP contribution in [0.1, 0.15) is 0 Å². The maximum atomic E-state index is 6.48. The highest BCUT2D eigenvalue weighted by atomic mass is 32.1. The summed E-state index contributed by atoms with van der Waals surface area (Å²) >= 11 is 1.72. The minimum atomic E-state index is 0.727. The number of hydrogen-bond donors (Lipinski definition) is 0. The lowest BCUT2D eigenvalue weighted by atomic mass is 10.1. The molecule has 0 unspecified atom stereocenters. The zero-order valence-electron chi connectivity index (χ0n) is 23.9. The SMILES string of the molecule is c1ccc(-c2nc(-c3ccc(-n4c5ccccc5c5c6oc7ccccc7c6ccc54)cc3)nc3sc4ccccc4c23)cc1. The zero-order valence-corrected chi connectivity index (χ0v) is 24.8. The average molecular weight is 594 g/mol. The minimum absolute atomic E-state index is 0.727. The van der Waals surface area contributed by atoms with Gasteiger partial charge in [0.15, 0.2) is 5.82 Å². The largest absolute Gasteiger partial charge is 0.455 e. The summed E-state index contributed by atoms with van der Waals surface area (Å²) in [4.78, 5) is 11.3. The maximum Gasteiger partial charge on any atom is 0.161 e. The van der Waals surface area contributed by atoms with Crippen LogP contribution in [0.4, 0.5) is 0 Å². The van der Waals surface area contributed by atoms with Crippen molar-refractivity contribution in [2.75, 3.05) is 0 Å². The van der Waals surface area contributed by atoms with Gasteiger partial charge in [0.05, 0.1) is 22.1 Å². The molecule has 0 aliphatic carbocycles. The lowest BCUT2D eigenvalue weighted by Gasteiger charge is -2.10. The van der Waals surface area contributed by atoms with E-state index in [9.17, 15) is 0 Å². The second-order valence-corrected chi connectivity index (χ2v) is 12.4. The van der Waals surface area contributed by atoms with Gasteiger partial charge in [-0.1, -0.05) is 84.9 Å². The van der Waals surface area contributed by atoms with Gasteiger partial charge in [-0.2, -0.15) is 0 Å². The fourth-order valence-electron chi connectivity index (χ4n) is 6.83. The Bertz CT molecular complexity index is 2750. The van der Waals surface area contributed by atoms with E-state index in [4.69, 9.17) is 14.4 Å². The van der Waals surface area contributed by atoms with Gasteiger partial charge in [-0.15, -0.1) is 11.3 Å². The van der Waals surface area contributed by atoms with E-state index < -0.39 is 0 Å². The lowest BCUT2D eigenvalue weighted by Crippen LogP contribution is -1.96. The van der Waals surface area contributed by atoms with Crippen molar-refractivity contribution < 1.29 is 4.42 Å². The van der Waals surface area contributed by atoms with Crippen molar-refractivity contribution in [3.63, 3.8) is 0 Å². The van der Waals surface area contributed by atoms with E-state index in [0.717, 1.165) is 76.9 Å². The van der Waals surface area contributed by atoms with Crippen LogP contribution < -0.4 is 0 Å². The van der Waals surface area contributed by atoms with E-state index in [2.05, 4.69) is 126 Å². The molecule has 6 aromatic carbocycles. The van der Waals surface area contributed by atoms with Crippen molar-refractivity contribution >= 4 is 75.4 Å². The number of fused-ring (bicyclic) bond motifs is 10. The van der Waals surface area contributed by atoms with E-state index >= 15 is 0 Å². The normalized spacial score (nSPS) is 12.0. The number of para-hydroxylation sites is 2. The quantitative estimate of drug-likeness (QED) is 0.205. The molecular weight excluding hydrogens is 571 g/mol. The van der Waals surface area contributed by atoms with Crippen molar-refractivity contribution in [3.8, 4) is 28.3 Å². The second kappa shape index (κ2) is 9.36. The Kier molecular flexibility index (Phi) is 5.12. The number of rotatable bonds is 3. The molecule has 0 radical (unpaired) electrons. The van der Waals surface area contributed by atoms with Crippen LogP contribution in [0, 0.1) is 0 Å². The van der Waals surface area contributed by atoms with Gasteiger partial charge >= 0.3 is 0 Å². The second-order valence-electron chi connectivity index (χ2n) is 11.4. The van der Waals surface area contributed by atoms with E-state index in [1.165, 1.54) is 15.5 Å². The van der Waals surface area contributed by atoms with Crippen molar-refractivity contribution in [3.05, 3.63) is 140 Å². The summed E-state index contributed by atoms with van der Waals surface area (Å²) < 4.78 is 10.0. The fraction of sp³-hybridized carbons (Fsp3) is 0. The zero-order chi connectivity index (χ0) is 29.5. The molecule has 5 heteroatoms. The highest BCUT2D eigenvalue weighted by Gasteiger charge is 2.20. The Balaban J connectivity index is 1.17. The molecular formula is C40H23N3OS. The monoisotopic (exact) mass is 593 g/mol. The van der Waals surface area contributed by atoms with Crippen molar-refractivity contribution in [1.82, 2.24) is 14.5 Å². The Morgan fingerprint density at radius 1 is 0.511 bits per heavy atom. The summed E-state index contributed by atoms with van der Waals surface area (Å²) in [6.07, 6.45) is 0. The van der Waals surface area contributed by atoms with Crippen LogP contribution >= 0.6 is 11.3 Å². The Morgan fingerprint density at radius 3 is 2.11 bits per heavy atom. The topological polar surface area (TPSA) is 43.9 Å². The number of nitrogens with zero attached hydrogens (tertiary/aromatic N) is 3. The van der Waals surface area contributed by atoms with Crippen LogP contribution in [-0.2, 0) is 0 Å². The summed E-state index contributed by atoms with van der Waals surface area (Å²) in [5, 5.41) is 6.90. The van der Waals surface area contributed by atoms with Gasteiger partial charge in [-0.3, -0.25) is 0 Å². The van der Waals surface area contributed by atoms with Gasteiger partial charge in [0.2, 0.25) is 0 Å². The molecule has 0 saturated carbocycles. The van der Waals surface area contributed by atoms with Crippen molar-refractivity contribution in [2.24, 2.45) is 0 Å². The molecule has 0 amide bonds. The summed E-state index contributed by atoms with van der Waals surface area (Å²) in [5.41, 5.74) is 8.21. The third-order valence-electron chi connectivity index (χ3n) is 8.85. The van der Waals surface area contributed by atoms with Crippen molar-refractivity contribution in [2.45, 2.75) is 0 Å². The molecule has 10 rings (SSSR count). The van der Waals surface area contributed by atoms with Gasteiger partial charge in [0.1, 0.15) is 16.0 Å². The molecule has 0 aliphatic heterocycles. The third kappa shape index (κ3) is 3.59. The fourth-order valence-corrected chi connectivity index (χ4v) is 7.91. The minimum Gasteiger partial charge on any atom is -0.455 e. The first-order valence-electron chi connectivity index (χ1n) is 15.0. The first-order chi connectivity index (χ1) is 22.3. The Morgan fingerprint density at radius 2 is 1.24 bits per heavy atom. The highest BCUT2D eigenvalue weighted by Crippen LogP contribution is 2.42. The summed E-state index contributed by atoms with van der Waals surface area (Å²) in [6.45, 7) is 0. The van der Waals surface area contributed by atoms with Crippen molar-refractivity contribution in [1.29, 1.82) is 0 Å². The molecule has 0 fully saturated rings. The predicted octanol–water partition coefficient (Wildman–Crippen LogP) is 11.2. The first kappa shape index (κ1) is 24.6. The van der Waals surface area contributed by atoms with Gasteiger partial charge in [0, 0.05) is 48.4 Å². The van der Waals surface area contributed by atoms with E-state index in [0.29, 0.717) is 0 Å². The van der Waals surface area contributed by atoms with Gasteiger partial charge in [-0.25, -0.2) is 9.97 Å². The van der Waals surface area contributed by atoms with Crippen LogP contribution in [0.3, 0.4) is 0 Å². The van der Waals surface area contributed by atoms with Crippen LogP contribution in [0.25, 0.3) is 92.4 Å². The Labute approximate surface area is 261 Å². The number of benzene rings is 6.